The van der Waals surface area contributed by atoms with Crippen LogP contribution in [-0.4, -0.2) is 79.5 Å². The third kappa shape index (κ3) is 4.47. The van der Waals surface area contributed by atoms with Gasteiger partial charge in [-0.05, 0) is 44.0 Å². The molecular weight excluding hydrogens is 430 g/mol. The average Bonchev–Trinajstić information content (AvgIpc) is 3.18. The standard InChI is InChI=1S/C22H31N5O4S/c1-17-23-21(16-24(17)2)32(29,30)27-10-8-18(9-11-27)22(28)26-14-12-25(13-15-26)19-4-6-20(31-3)7-5-19/h4-7,16,18H,8-15H2,1-3H3. The Balaban J connectivity index is 1.30. The van der Waals surface area contributed by atoms with Crippen LogP contribution < -0.4 is 9.64 Å². The van der Waals surface area contributed by atoms with Crippen LogP contribution in [0.25, 0.3) is 0 Å². The van der Waals surface area contributed by atoms with Crippen molar-refractivity contribution in [1.82, 2.24) is 18.8 Å². The molecule has 2 aliphatic rings. The summed E-state index contributed by atoms with van der Waals surface area (Å²) in [6, 6.07) is 7.97. The largest absolute Gasteiger partial charge is 0.497 e. The van der Waals surface area contributed by atoms with Crippen molar-refractivity contribution >= 4 is 21.6 Å². The van der Waals surface area contributed by atoms with Crippen LogP contribution in [0.4, 0.5) is 5.69 Å². The quantitative estimate of drug-likeness (QED) is 0.670. The number of benzene rings is 1. The molecule has 10 heteroatoms. The smallest absolute Gasteiger partial charge is 0.262 e. The SMILES string of the molecule is COc1ccc(N2CCN(C(=O)C3CCN(S(=O)(=O)c4cn(C)c(C)n4)CC3)CC2)cc1. The summed E-state index contributed by atoms with van der Waals surface area (Å²) in [5, 5.41) is 0.0805. The number of aromatic nitrogens is 2. The highest BCUT2D eigenvalue weighted by Gasteiger charge is 2.35. The summed E-state index contributed by atoms with van der Waals surface area (Å²) in [6.07, 6.45) is 2.63. The minimum atomic E-state index is -3.62. The van der Waals surface area contributed by atoms with Crippen molar-refractivity contribution in [2.24, 2.45) is 13.0 Å². The van der Waals surface area contributed by atoms with E-state index in [1.807, 2.05) is 29.2 Å². The van der Waals surface area contributed by atoms with E-state index < -0.39 is 10.0 Å². The number of hydrogen-bond donors (Lipinski definition) is 0. The summed E-state index contributed by atoms with van der Waals surface area (Å²) in [5.41, 5.74) is 1.13. The summed E-state index contributed by atoms with van der Waals surface area (Å²) in [7, 11) is -0.190. The molecule has 2 fully saturated rings. The van der Waals surface area contributed by atoms with Crippen LogP contribution >= 0.6 is 0 Å². The van der Waals surface area contributed by atoms with Crippen molar-refractivity contribution in [2.45, 2.75) is 24.8 Å². The number of anilines is 1. The van der Waals surface area contributed by atoms with Crippen LogP contribution in [0.1, 0.15) is 18.7 Å². The number of ether oxygens (including phenoxy) is 1. The number of nitrogens with zero attached hydrogens (tertiary/aromatic N) is 5. The maximum atomic E-state index is 13.1. The lowest BCUT2D eigenvalue weighted by Gasteiger charge is -2.39. The highest BCUT2D eigenvalue weighted by molar-refractivity contribution is 7.89. The summed E-state index contributed by atoms with van der Waals surface area (Å²) < 4.78 is 34.1. The summed E-state index contributed by atoms with van der Waals surface area (Å²) in [6.45, 7) is 5.39. The third-order valence-electron chi connectivity index (χ3n) is 6.52. The van der Waals surface area contributed by atoms with Gasteiger partial charge < -0.3 is 19.1 Å². The van der Waals surface area contributed by atoms with Gasteiger partial charge in [0.25, 0.3) is 10.0 Å². The van der Waals surface area contributed by atoms with E-state index in [1.54, 1.807) is 31.8 Å². The van der Waals surface area contributed by atoms with Gasteiger partial charge in [-0.3, -0.25) is 4.79 Å². The van der Waals surface area contributed by atoms with Gasteiger partial charge in [0.05, 0.1) is 7.11 Å². The molecule has 174 valence electrons. The van der Waals surface area contributed by atoms with Gasteiger partial charge in [0.2, 0.25) is 5.91 Å². The first-order chi connectivity index (χ1) is 15.3. The average molecular weight is 462 g/mol. The maximum absolute atomic E-state index is 13.1. The first-order valence-electron chi connectivity index (χ1n) is 11.0. The Morgan fingerprint density at radius 1 is 1.03 bits per heavy atom. The molecule has 1 amide bonds. The number of amides is 1. The lowest BCUT2D eigenvalue weighted by Crippen LogP contribution is -2.52. The number of sulfonamides is 1. The number of imidazole rings is 1. The number of methoxy groups -OCH3 is 1. The van der Waals surface area contributed by atoms with Crippen molar-refractivity contribution in [3.8, 4) is 5.75 Å². The Labute approximate surface area is 189 Å². The number of rotatable bonds is 5. The van der Waals surface area contributed by atoms with Crippen molar-refractivity contribution in [1.29, 1.82) is 0 Å². The lowest BCUT2D eigenvalue weighted by atomic mass is 9.96. The zero-order chi connectivity index (χ0) is 22.9. The van der Waals surface area contributed by atoms with Crippen LogP contribution in [0.15, 0.2) is 35.5 Å². The molecule has 2 aromatic rings. The molecule has 0 aliphatic carbocycles. The zero-order valence-electron chi connectivity index (χ0n) is 18.9. The van der Waals surface area contributed by atoms with Crippen molar-refractivity contribution < 1.29 is 17.9 Å². The van der Waals surface area contributed by atoms with Crippen LogP contribution in [0.3, 0.4) is 0 Å². The first kappa shape index (κ1) is 22.6. The molecule has 1 aromatic carbocycles. The molecule has 0 atom stereocenters. The fourth-order valence-corrected chi connectivity index (χ4v) is 5.86. The molecule has 0 radical (unpaired) electrons. The van der Waals surface area contributed by atoms with Gasteiger partial charge in [-0.25, -0.2) is 13.4 Å². The Hall–Kier alpha value is -2.59. The second-order valence-electron chi connectivity index (χ2n) is 8.43. The molecular formula is C22H31N5O4S. The molecule has 0 bridgehead atoms. The predicted octanol–water partition coefficient (Wildman–Crippen LogP) is 1.49. The van der Waals surface area contributed by atoms with E-state index in [2.05, 4.69) is 9.88 Å². The molecule has 2 saturated heterocycles. The van der Waals surface area contributed by atoms with Crippen molar-refractivity contribution in [3.63, 3.8) is 0 Å². The minimum Gasteiger partial charge on any atom is -0.497 e. The van der Waals surface area contributed by atoms with E-state index in [4.69, 9.17) is 4.74 Å². The number of aryl methyl sites for hydroxylation is 2. The van der Waals surface area contributed by atoms with Crippen molar-refractivity contribution in [2.75, 3.05) is 51.3 Å². The van der Waals surface area contributed by atoms with E-state index in [1.165, 1.54) is 4.31 Å². The van der Waals surface area contributed by atoms with Gasteiger partial charge in [-0.15, -0.1) is 0 Å². The number of carbonyl (C=O) groups is 1. The zero-order valence-corrected chi connectivity index (χ0v) is 19.7. The Morgan fingerprint density at radius 2 is 1.66 bits per heavy atom. The Bertz CT molecular complexity index is 1030. The van der Waals surface area contributed by atoms with E-state index in [0.717, 1.165) is 24.5 Å². The summed E-state index contributed by atoms with van der Waals surface area (Å²) >= 11 is 0. The molecule has 0 N–H and O–H groups in total. The normalized spacial score (nSPS) is 18.7. The third-order valence-corrected chi connectivity index (χ3v) is 8.29. The molecule has 1 aromatic heterocycles. The summed E-state index contributed by atoms with van der Waals surface area (Å²) in [5.74, 6) is 1.50. The number of piperidine rings is 1. The fourth-order valence-electron chi connectivity index (χ4n) is 4.36. The van der Waals surface area contributed by atoms with Gasteiger partial charge in [-0.2, -0.15) is 4.31 Å². The Kier molecular flexibility index (Phi) is 6.43. The monoisotopic (exact) mass is 461 g/mol. The lowest BCUT2D eigenvalue weighted by molar-refractivity contribution is -0.137. The molecule has 0 unspecified atom stereocenters. The van der Waals surface area contributed by atoms with E-state index in [-0.39, 0.29) is 16.9 Å². The van der Waals surface area contributed by atoms with Gasteiger partial charge in [0.1, 0.15) is 11.6 Å². The van der Waals surface area contributed by atoms with Crippen LogP contribution in [0, 0.1) is 12.8 Å². The first-order valence-corrected chi connectivity index (χ1v) is 12.4. The van der Waals surface area contributed by atoms with Crippen molar-refractivity contribution in [3.05, 3.63) is 36.3 Å². The molecule has 2 aliphatic heterocycles. The maximum Gasteiger partial charge on any atom is 0.262 e. The second kappa shape index (κ2) is 9.11. The number of hydrogen-bond acceptors (Lipinski definition) is 6. The molecule has 4 rings (SSSR count). The molecule has 0 saturated carbocycles. The Morgan fingerprint density at radius 3 is 2.19 bits per heavy atom. The van der Waals surface area contributed by atoms with Crippen LogP contribution in [-0.2, 0) is 21.9 Å². The molecule has 0 spiro atoms. The van der Waals surface area contributed by atoms with Crippen LogP contribution in [0.5, 0.6) is 5.75 Å². The minimum absolute atomic E-state index is 0.0805. The van der Waals surface area contributed by atoms with E-state index in [0.29, 0.717) is 44.8 Å². The predicted molar refractivity (Wildman–Crippen MR) is 121 cm³/mol. The topological polar surface area (TPSA) is 88.0 Å². The van der Waals surface area contributed by atoms with E-state index >= 15 is 0 Å². The van der Waals surface area contributed by atoms with Gasteiger partial charge in [0.15, 0.2) is 5.03 Å². The van der Waals surface area contributed by atoms with Gasteiger partial charge >= 0.3 is 0 Å². The van der Waals surface area contributed by atoms with Crippen LogP contribution in [0.2, 0.25) is 0 Å². The van der Waals surface area contributed by atoms with Gasteiger partial charge in [0, 0.05) is 64.1 Å². The highest BCUT2D eigenvalue weighted by atomic mass is 32.2. The number of piperazine rings is 1. The molecule has 3 heterocycles. The number of carbonyl (C=O) groups excluding carboxylic acids is 1. The highest BCUT2D eigenvalue weighted by Crippen LogP contribution is 2.26. The second-order valence-corrected chi connectivity index (χ2v) is 10.3. The molecule has 9 nitrogen and oxygen atoms in total. The molecule has 32 heavy (non-hydrogen) atoms. The van der Waals surface area contributed by atoms with E-state index in [9.17, 15) is 13.2 Å². The van der Waals surface area contributed by atoms with Gasteiger partial charge in [-0.1, -0.05) is 0 Å². The summed E-state index contributed by atoms with van der Waals surface area (Å²) in [4.78, 5) is 21.4. The fraction of sp³-hybridized carbons (Fsp3) is 0.545.